The molecule has 0 spiro atoms. The standard InChI is InChI=1S/C17H20N2O/c1-3-13-6-4-5-7-16(13)20-11-15-9-8-14(17(18)19)10-12(15)2/h4-10H,3,11H2,1-2H3,(H3,18,19). The maximum Gasteiger partial charge on any atom is 0.122 e. The number of para-hydroxylation sites is 1. The van der Waals surface area contributed by atoms with E-state index in [4.69, 9.17) is 15.9 Å². The van der Waals surface area contributed by atoms with Gasteiger partial charge in [-0.25, -0.2) is 0 Å². The Morgan fingerprint density at radius 3 is 2.55 bits per heavy atom. The van der Waals surface area contributed by atoms with E-state index in [1.165, 1.54) is 5.56 Å². The van der Waals surface area contributed by atoms with Gasteiger partial charge in [0, 0.05) is 5.56 Å². The van der Waals surface area contributed by atoms with Gasteiger partial charge in [0.25, 0.3) is 0 Å². The van der Waals surface area contributed by atoms with Gasteiger partial charge in [-0.2, -0.15) is 0 Å². The van der Waals surface area contributed by atoms with Gasteiger partial charge >= 0.3 is 0 Å². The molecule has 0 aromatic heterocycles. The zero-order valence-electron chi connectivity index (χ0n) is 11.9. The second kappa shape index (κ2) is 6.24. The molecule has 0 aliphatic carbocycles. The molecule has 104 valence electrons. The molecule has 3 heteroatoms. The van der Waals surface area contributed by atoms with Crippen LogP contribution in [0.3, 0.4) is 0 Å². The minimum absolute atomic E-state index is 0.0943. The lowest BCUT2D eigenvalue weighted by atomic mass is 10.1. The molecule has 3 nitrogen and oxygen atoms in total. The molecule has 2 rings (SSSR count). The molecule has 0 heterocycles. The van der Waals surface area contributed by atoms with Gasteiger partial charge in [-0.3, -0.25) is 5.41 Å². The number of nitrogens with one attached hydrogen (secondary N) is 1. The summed E-state index contributed by atoms with van der Waals surface area (Å²) in [5.74, 6) is 1.03. The number of amidine groups is 1. The summed E-state index contributed by atoms with van der Waals surface area (Å²) in [4.78, 5) is 0. The Morgan fingerprint density at radius 2 is 1.90 bits per heavy atom. The van der Waals surface area contributed by atoms with E-state index in [9.17, 15) is 0 Å². The third-order valence-corrected chi connectivity index (χ3v) is 3.39. The number of hydrogen-bond donors (Lipinski definition) is 2. The Labute approximate surface area is 119 Å². The fraction of sp³-hybridized carbons (Fsp3) is 0.235. The third kappa shape index (κ3) is 3.18. The zero-order chi connectivity index (χ0) is 14.5. The number of nitrogens with two attached hydrogens (primary N) is 1. The number of ether oxygens (including phenoxy) is 1. The van der Waals surface area contributed by atoms with Gasteiger partial charge in [-0.05, 0) is 42.2 Å². The van der Waals surface area contributed by atoms with Crippen molar-refractivity contribution in [2.24, 2.45) is 5.73 Å². The van der Waals surface area contributed by atoms with Crippen LogP contribution in [0.25, 0.3) is 0 Å². The van der Waals surface area contributed by atoms with Gasteiger partial charge in [-0.1, -0.05) is 37.3 Å². The molecule has 0 saturated carbocycles. The van der Waals surface area contributed by atoms with Crippen LogP contribution in [0.1, 0.15) is 29.2 Å². The fourth-order valence-corrected chi connectivity index (χ4v) is 2.12. The molecule has 20 heavy (non-hydrogen) atoms. The van der Waals surface area contributed by atoms with E-state index in [1.54, 1.807) is 0 Å². The maximum atomic E-state index is 7.44. The first-order valence-corrected chi connectivity index (χ1v) is 6.76. The van der Waals surface area contributed by atoms with Crippen molar-refractivity contribution in [3.8, 4) is 5.75 Å². The first-order valence-electron chi connectivity index (χ1n) is 6.76. The quantitative estimate of drug-likeness (QED) is 0.645. The molecule has 0 amide bonds. The third-order valence-electron chi connectivity index (χ3n) is 3.39. The van der Waals surface area contributed by atoms with Crippen molar-refractivity contribution in [3.63, 3.8) is 0 Å². The summed E-state index contributed by atoms with van der Waals surface area (Å²) in [5, 5.41) is 7.44. The lowest BCUT2D eigenvalue weighted by Crippen LogP contribution is -2.11. The predicted molar refractivity (Wildman–Crippen MR) is 82.3 cm³/mol. The average molecular weight is 268 g/mol. The predicted octanol–water partition coefficient (Wildman–Crippen LogP) is 3.42. The van der Waals surface area contributed by atoms with Crippen LogP contribution in [-0.4, -0.2) is 5.84 Å². The molecule has 0 atom stereocenters. The van der Waals surface area contributed by atoms with Crippen LogP contribution in [0.15, 0.2) is 42.5 Å². The largest absolute Gasteiger partial charge is 0.489 e. The normalized spacial score (nSPS) is 10.3. The molecule has 0 aliphatic rings. The van der Waals surface area contributed by atoms with Gasteiger partial charge in [0.15, 0.2) is 0 Å². The first-order chi connectivity index (χ1) is 9.61. The highest BCUT2D eigenvalue weighted by Gasteiger charge is 2.05. The van der Waals surface area contributed by atoms with Crippen molar-refractivity contribution in [3.05, 3.63) is 64.7 Å². The Kier molecular flexibility index (Phi) is 4.41. The Bertz CT molecular complexity index is 620. The molecule has 3 N–H and O–H groups in total. The summed E-state index contributed by atoms with van der Waals surface area (Å²) >= 11 is 0. The molecule has 0 aliphatic heterocycles. The lowest BCUT2D eigenvalue weighted by Gasteiger charge is -2.12. The monoisotopic (exact) mass is 268 g/mol. The van der Waals surface area contributed by atoms with E-state index in [0.717, 1.165) is 28.9 Å². The van der Waals surface area contributed by atoms with E-state index in [-0.39, 0.29) is 5.84 Å². The van der Waals surface area contributed by atoms with E-state index >= 15 is 0 Å². The van der Waals surface area contributed by atoms with Gasteiger partial charge in [-0.15, -0.1) is 0 Å². The Morgan fingerprint density at radius 1 is 1.15 bits per heavy atom. The molecular weight excluding hydrogens is 248 g/mol. The number of nitrogen functional groups attached to an aromatic ring is 1. The van der Waals surface area contributed by atoms with E-state index in [1.807, 2.05) is 43.3 Å². The van der Waals surface area contributed by atoms with Crippen LogP contribution in [0, 0.1) is 12.3 Å². The number of hydrogen-bond acceptors (Lipinski definition) is 2. The summed E-state index contributed by atoms with van der Waals surface area (Å²) in [6.45, 7) is 4.66. The van der Waals surface area contributed by atoms with Crippen LogP contribution in [0.2, 0.25) is 0 Å². The van der Waals surface area contributed by atoms with Gasteiger partial charge in [0.1, 0.15) is 18.2 Å². The van der Waals surface area contributed by atoms with Crippen molar-refractivity contribution in [1.29, 1.82) is 5.41 Å². The molecule has 0 bridgehead atoms. The number of aryl methyl sites for hydroxylation is 2. The molecular formula is C17H20N2O. The van der Waals surface area contributed by atoms with Crippen LogP contribution < -0.4 is 10.5 Å². The SMILES string of the molecule is CCc1ccccc1OCc1ccc(C(=N)N)cc1C. The van der Waals surface area contributed by atoms with Crippen molar-refractivity contribution in [2.45, 2.75) is 26.9 Å². The van der Waals surface area contributed by atoms with E-state index in [0.29, 0.717) is 6.61 Å². The number of benzene rings is 2. The van der Waals surface area contributed by atoms with Gasteiger partial charge < -0.3 is 10.5 Å². The molecule has 0 fully saturated rings. The van der Waals surface area contributed by atoms with Crippen LogP contribution in [-0.2, 0) is 13.0 Å². The molecule has 0 saturated heterocycles. The lowest BCUT2D eigenvalue weighted by molar-refractivity contribution is 0.302. The smallest absolute Gasteiger partial charge is 0.122 e. The summed E-state index contributed by atoms with van der Waals surface area (Å²) in [6.07, 6.45) is 0.957. The van der Waals surface area contributed by atoms with Crippen molar-refractivity contribution in [1.82, 2.24) is 0 Å². The molecule has 0 radical (unpaired) electrons. The second-order valence-electron chi connectivity index (χ2n) is 4.80. The minimum atomic E-state index is 0.0943. The van der Waals surface area contributed by atoms with Gasteiger partial charge in [0.05, 0.1) is 0 Å². The highest BCUT2D eigenvalue weighted by Crippen LogP contribution is 2.20. The summed E-state index contributed by atoms with van der Waals surface area (Å²) < 4.78 is 5.91. The highest BCUT2D eigenvalue weighted by atomic mass is 16.5. The average Bonchev–Trinajstić information content (AvgIpc) is 2.46. The molecule has 2 aromatic carbocycles. The Hall–Kier alpha value is -2.29. The topological polar surface area (TPSA) is 59.1 Å². The summed E-state index contributed by atoms with van der Waals surface area (Å²) in [6, 6.07) is 13.9. The van der Waals surface area contributed by atoms with Crippen LogP contribution in [0.4, 0.5) is 0 Å². The molecule has 2 aromatic rings. The van der Waals surface area contributed by atoms with Gasteiger partial charge in [0.2, 0.25) is 0 Å². The maximum absolute atomic E-state index is 7.44. The fourth-order valence-electron chi connectivity index (χ4n) is 2.12. The van der Waals surface area contributed by atoms with Crippen LogP contribution >= 0.6 is 0 Å². The summed E-state index contributed by atoms with van der Waals surface area (Å²) in [5.41, 5.74) is 9.65. The van der Waals surface area contributed by atoms with Crippen LogP contribution in [0.5, 0.6) is 5.75 Å². The van der Waals surface area contributed by atoms with E-state index < -0.39 is 0 Å². The van der Waals surface area contributed by atoms with Crippen molar-refractivity contribution < 1.29 is 4.74 Å². The first kappa shape index (κ1) is 14.1. The van der Waals surface area contributed by atoms with E-state index in [2.05, 4.69) is 13.0 Å². The second-order valence-corrected chi connectivity index (χ2v) is 4.80. The zero-order valence-corrected chi connectivity index (χ0v) is 11.9. The summed E-state index contributed by atoms with van der Waals surface area (Å²) in [7, 11) is 0. The van der Waals surface area contributed by atoms with Crippen molar-refractivity contribution >= 4 is 5.84 Å². The Balaban J connectivity index is 2.13. The number of rotatable bonds is 5. The van der Waals surface area contributed by atoms with Crippen molar-refractivity contribution in [2.75, 3.05) is 0 Å². The highest BCUT2D eigenvalue weighted by molar-refractivity contribution is 5.95. The molecule has 0 unspecified atom stereocenters. The minimum Gasteiger partial charge on any atom is -0.489 e.